The van der Waals surface area contributed by atoms with Crippen molar-refractivity contribution in [1.82, 2.24) is 9.55 Å². The van der Waals surface area contributed by atoms with Crippen LogP contribution in [0.5, 0.6) is 17.2 Å². The first kappa shape index (κ1) is 23.7. The minimum Gasteiger partial charge on any atom is -0.497 e. The fourth-order valence-electron chi connectivity index (χ4n) is 5.90. The third-order valence-electron chi connectivity index (χ3n) is 8.12. The van der Waals surface area contributed by atoms with Gasteiger partial charge in [0.15, 0.2) is 17.1 Å². The van der Waals surface area contributed by atoms with E-state index in [2.05, 4.69) is 0 Å². The Balaban J connectivity index is 1.41. The predicted molar refractivity (Wildman–Crippen MR) is 141 cm³/mol. The maximum absolute atomic E-state index is 13.7. The molecule has 3 aliphatic rings. The summed E-state index contributed by atoms with van der Waals surface area (Å²) in [4.78, 5) is 31.2. The highest BCUT2D eigenvalue weighted by Crippen LogP contribution is 2.43. The topological polar surface area (TPSA) is 109 Å². The van der Waals surface area contributed by atoms with E-state index >= 15 is 0 Å². The number of cyclic esters (lactones) is 1. The minimum atomic E-state index is -1.87. The summed E-state index contributed by atoms with van der Waals surface area (Å²) in [6.07, 6.45) is 1.57. The molecular weight excluding hydrogens is 500 g/mol. The number of carbonyl (C=O) groups is 1. The SMILES string of the molecule is CC[C@@]1(O)C(=O)OCc2c1cc1n(c2=O)Cc2c-1nc1cc3c(cc1c2CCc1ccc(OC)cc1)OCO3. The van der Waals surface area contributed by atoms with Gasteiger partial charge in [-0.15, -0.1) is 0 Å². The zero-order chi connectivity index (χ0) is 26.9. The summed E-state index contributed by atoms with van der Waals surface area (Å²) in [5.41, 5.74) is 3.62. The number of aliphatic hydroxyl groups is 1. The molecule has 0 saturated heterocycles. The number of ether oxygens (including phenoxy) is 4. The molecule has 0 spiro atoms. The summed E-state index contributed by atoms with van der Waals surface area (Å²) < 4.78 is 23.5. The smallest absolute Gasteiger partial charge is 0.343 e. The van der Waals surface area contributed by atoms with Gasteiger partial charge in [0, 0.05) is 22.6 Å². The van der Waals surface area contributed by atoms with Crippen LogP contribution < -0.4 is 19.8 Å². The van der Waals surface area contributed by atoms with Crippen LogP contribution in [-0.4, -0.2) is 34.5 Å². The molecule has 0 aliphatic carbocycles. The van der Waals surface area contributed by atoms with E-state index in [4.69, 9.17) is 23.9 Å². The van der Waals surface area contributed by atoms with Crippen LogP contribution in [-0.2, 0) is 41.1 Å². The number of carbonyl (C=O) groups excluding carboxylic acids is 1. The average molecular weight is 527 g/mol. The van der Waals surface area contributed by atoms with Crippen molar-refractivity contribution in [3.05, 3.63) is 80.6 Å². The van der Waals surface area contributed by atoms with E-state index < -0.39 is 11.6 Å². The largest absolute Gasteiger partial charge is 0.497 e. The Morgan fingerprint density at radius 3 is 2.54 bits per heavy atom. The number of methoxy groups -OCH3 is 1. The van der Waals surface area contributed by atoms with Gasteiger partial charge < -0.3 is 28.6 Å². The Morgan fingerprint density at radius 1 is 1.03 bits per heavy atom. The highest BCUT2D eigenvalue weighted by atomic mass is 16.7. The molecule has 0 fully saturated rings. The van der Waals surface area contributed by atoms with Crippen LogP contribution in [0.1, 0.15) is 41.2 Å². The maximum atomic E-state index is 13.7. The molecule has 0 bridgehead atoms. The van der Waals surface area contributed by atoms with Gasteiger partial charge in [-0.05, 0) is 54.7 Å². The monoisotopic (exact) mass is 526 g/mol. The van der Waals surface area contributed by atoms with E-state index in [0.717, 1.165) is 39.8 Å². The number of hydrogen-bond donors (Lipinski definition) is 1. The molecule has 0 unspecified atom stereocenters. The normalized spacial score (nSPS) is 18.5. The number of aryl methyl sites for hydroxylation is 2. The summed E-state index contributed by atoms with van der Waals surface area (Å²) in [5.74, 6) is 1.36. The van der Waals surface area contributed by atoms with Crippen LogP contribution in [0, 0.1) is 0 Å². The summed E-state index contributed by atoms with van der Waals surface area (Å²) in [6, 6.07) is 13.6. The Bertz CT molecular complexity index is 1740. The number of fused-ring (bicyclic) bond motifs is 6. The Kier molecular flexibility index (Phi) is 5.21. The molecule has 1 atom stereocenters. The van der Waals surface area contributed by atoms with E-state index in [1.165, 1.54) is 0 Å². The van der Waals surface area contributed by atoms with Crippen molar-refractivity contribution in [3.8, 4) is 28.6 Å². The number of rotatable bonds is 5. The lowest BCUT2D eigenvalue weighted by Gasteiger charge is -2.31. The van der Waals surface area contributed by atoms with Crippen molar-refractivity contribution >= 4 is 16.9 Å². The highest BCUT2D eigenvalue weighted by Gasteiger charge is 2.45. The van der Waals surface area contributed by atoms with Gasteiger partial charge in [-0.2, -0.15) is 0 Å². The molecule has 0 amide bonds. The molecule has 5 heterocycles. The van der Waals surface area contributed by atoms with Gasteiger partial charge in [-0.1, -0.05) is 19.1 Å². The van der Waals surface area contributed by atoms with Crippen LogP contribution in [0.3, 0.4) is 0 Å². The van der Waals surface area contributed by atoms with Crippen molar-refractivity contribution in [2.24, 2.45) is 0 Å². The number of esters is 1. The van der Waals surface area contributed by atoms with Crippen LogP contribution >= 0.6 is 0 Å². The second-order valence-electron chi connectivity index (χ2n) is 10.1. The fourth-order valence-corrected chi connectivity index (χ4v) is 5.90. The lowest BCUT2D eigenvalue weighted by molar-refractivity contribution is -0.172. The third-order valence-corrected chi connectivity index (χ3v) is 8.12. The van der Waals surface area contributed by atoms with Crippen molar-refractivity contribution in [3.63, 3.8) is 0 Å². The molecular formula is C30H26N2O7. The Morgan fingerprint density at radius 2 is 1.79 bits per heavy atom. The van der Waals surface area contributed by atoms with Gasteiger partial charge in [0.05, 0.1) is 36.1 Å². The van der Waals surface area contributed by atoms with Gasteiger partial charge in [0.2, 0.25) is 6.79 Å². The minimum absolute atomic E-state index is 0.0936. The van der Waals surface area contributed by atoms with Crippen molar-refractivity contribution < 1.29 is 28.8 Å². The molecule has 7 rings (SSSR count). The standard InChI is InChI=1S/C30H26N2O7/c1-3-30(35)22-11-24-27-20(13-32(24)28(33)21(22)14-37-29(30)34)18(9-6-16-4-7-17(36-2)8-5-16)19-10-25-26(39-15-38-25)12-23(19)31-27/h4-5,7-8,10-12,35H,3,6,9,13-15H2,1-2H3/t30-/m0/s1. The van der Waals surface area contributed by atoms with E-state index in [-0.39, 0.29) is 25.4 Å². The van der Waals surface area contributed by atoms with E-state index in [0.29, 0.717) is 47.0 Å². The van der Waals surface area contributed by atoms with Crippen molar-refractivity contribution in [2.45, 2.75) is 44.9 Å². The lowest BCUT2D eigenvalue weighted by Crippen LogP contribution is -2.44. The second-order valence-corrected chi connectivity index (χ2v) is 10.1. The van der Waals surface area contributed by atoms with Gasteiger partial charge in [-0.25, -0.2) is 9.78 Å². The molecule has 9 nitrogen and oxygen atoms in total. The first-order valence-electron chi connectivity index (χ1n) is 13.0. The molecule has 2 aromatic carbocycles. The lowest BCUT2D eigenvalue weighted by atomic mass is 9.86. The van der Waals surface area contributed by atoms with Crippen molar-refractivity contribution in [1.29, 1.82) is 0 Å². The number of aromatic nitrogens is 2. The van der Waals surface area contributed by atoms with Crippen LogP contribution in [0.2, 0.25) is 0 Å². The maximum Gasteiger partial charge on any atom is 0.343 e. The molecule has 0 saturated carbocycles. The molecule has 3 aliphatic heterocycles. The van der Waals surface area contributed by atoms with E-state index in [9.17, 15) is 14.7 Å². The number of hydrogen-bond acceptors (Lipinski definition) is 8. The van der Waals surface area contributed by atoms with Gasteiger partial charge in [0.25, 0.3) is 5.56 Å². The van der Waals surface area contributed by atoms with Gasteiger partial charge >= 0.3 is 5.97 Å². The predicted octanol–water partition coefficient (Wildman–Crippen LogP) is 3.60. The third kappa shape index (κ3) is 3.46. The Hall–Kier alpha value is -4.37. The van der Waals surface area contributed by atoms with Gasteiger partial charge in [0.1, 0.15) is 12.4 Å². The fraction of sp³-hybridized carbons (Fsp3) is 0.300. The number of pyridine rings is 2. The summed E-state index contributed by atoms with van der Waals surface area (Å²) >= 11 is 0. The van der Waals surface area contributed by atoms with Crippen molar-refractivity contribution in [2.75, 3.05) is 13.9 Å². The van der Waals surface area contributed by atoms with Crippen LogP contribution in [0.4, 0.5) is 0 Å². The zero-order valence-corrected chi connectivity index (χ0v) is 21.6. The zero-order valence-electron chi connectivity index (χ0n) is 21.6. The molecule has 4 aromatic rings. The van der Waals surface area contributed by atoms with E-state index in [1.807, 2.05) is 36.4 Å². The first-order chi connectivity index (χ1) is 18.9. The summed E-state index contributed by atoms with van der Waals surface area (Å²) in [5, 5.41) is 12.1. The van der Waals surface area contributed by atoms with Gasteiger partial charge in [-0.3, -0.25) is 4.79 Å². The Labute approximate surface area is 223 Å². The summed E-state index contributed by atoms with van der Waals surface area (Å²) in [6.45, 7) is 2.03. The average Bonchev–Trinajstić information content (AvgIpc) is 3.57. The first-order valence-corrected chi connectivity index (χ1v) is 13.0. The quantitative estimate of drug-likeness (QED) is 0.346. The molecule has 2 aromatic heterocycles. The number of benzene rings is 2. The second kappa shape index (κ2) is 8.57. The molecule has 1 N–H and O–H groups in total. The molecule has 0 radical (unpaired) electrons. The van der Waals surface area contributed by atoms with Crippen LogP contribution in [0.25, 0.3) is 22.3 Å². The molecule has 9 heteroatoms. The summed E-state index contributed by atoms with van der Waals surface area (Å²) in [7, 11) is 1.65. The molecule has 39 heavy (non-hydrogen) atoms. The van der Waals surface area contributed by atoms with Crippen LogP contribution in [0.15, 0.2) is 47.3 Å². The van der Waals surface area contributed by atoms with E-state index in [1.54, 1.807) is 24.7 Å². The highest BCUT2D eigenvalue weighted by molar-refractivity contribution is 5.91. The molecule has 198 valence electrons. The number of nitrogens with zero attached hydrogens (tertiary/aromatic N) is 2.